The van der Waals surface area contributed by atoms with Gasteiger partial charge in [-0.05, 0) is 39.0 Å². The molecule has 0 aliphatic carbocycles. The maximum atomic E-state index is 13.1. The lowest BCUT2D eigenvalue weighted by Gasteiger charge is -2.32. The molecule has 3 rings (SSSR count). The predicted octanol–water partition coefficient (Wildman–Crippen LogP) is -0.516. The number of amides is 1. The number of piperazine rings is 1. The molecule has 0 radical (unpaired) electrons. The zero-order valence-corrected chi connectivity index (χ0v) is 17.7. The molecule has 1 aromatic heterocycles. The quantitative estimate of drug-likeness (QED) is 0.468. The molecular formula is C21H32N4O4+2. The summed E-state index contributed by atoms with van der Waals surface area (Å²) in [7, 11) is 1.59. The molecule has 1 amide bonds. The van der Waals surface area contributed by atoms with E-state index >= 15 is 0 Å². The number of H-pyrrole nitrogens is 1. The van der Waals surface area contributed by atoms with Crippen LogP contribution in [0.4, 0.5) is 5.69 Å². The molecule has 8 nitrogen and oxygen atoms in total. The second-order valence-corrected chi connectivity index (χ2v) is 7.48. The number of nitrogens with one attached hydrogen (secondary N) is 4. The lowest BCUT2D eigenvalue weighted by Crippen LogP contribution is -3.29. The molecule has 158 valence electrons. The second-order valence-electron chi connectivity index (χ2n) is 7.48. The number of quaternary nitrogens is 2. The van der Waals surface area contributed by atoms with Crippen molar-refractivity contribution in [2.75, 3.05) is 51.8 Å². The topological polar surface area (TPSA) is 89.3 Å². The van der Waals surface area contributed by atoms with Crippen LogP contribution < -0.4 is 19.9 Å². The zero-order valence-electron chi connectivity index (χ0n) is 17.7. The van der Waals surface area contributed by atoms with Crippen LogP contribution in [0.15, 0.2) is 18.2 Å². The molecule has 0 spiro atoms. The molecule has 2 heterocycles. The Bertz CT molecular complexity index is 871. The van der Waals surface area contributed by atoms with E-state index in [9.17, 15) is 9.59 Å². The number of benzene rings is 1. The van der Waals surface area contributed by atoms with Crippen LogP contribution in [0.2, 0.25) is 0 Å². The van der Waals surface area contributed by atoms with Gasteiger partial charge in [-0.25, -0.2) is 4.79 Å². The summed E-state index contributed by atoms with van der Waals surface area (Å²) in [5.74, 6) is 0.0621. The lowest BCUT2D eigenvalue weighted by atomic mass is 10.1. The molecule has 4 N–H and O–H groups in total. The molecule has 0 saturated carbocycles. The van der Waals surface area contributed by atoms with Gasteiger partial charge in [-0.1, -0.05) is 0 Å². The monoisotopic (exact) mass is 404 g/mol. The van der Waals surface area contributed by atoms with Crippen LogP contribution in [0, 0.1) is 0 Å². The summed E-state index contributed by atoms with van der Waals surface area (Å²) in [5, 5.41) is 3.72. The van der Waals surface area contributed by atoms with Crippen LogP contribution in [0.25, 0.3) is 10.9 Å². The molecule has 2 aromatic rings. The van der Waals surface area contributed by atoms with Crippen molar-refractivity contribution in [1.29, 1.82) is 0 Å². The van der Waals surface area contributed by atoms with Gasteiger partial charge in [0.15, 0.2) is 6.04 Å². The van der Waals surface area contributed by atoms with E-state index in [4.69, 9.17) is 9.47 Å². The summed E-state index contributed by atoms with van der Waals surface area (Å²) in [6.07, 6.45) is 0. The van der Waals surface area contributed by atoms with Gasteiger partial charge in [0.05, 0.1) is 25.9 Å². The van der Waals surface area contributed by atoms with E-state index in [1.54, 1.807) is 18.9 Å². The Labute approximate surface area is 171 Å². The van der Waals surface area contributed by atoms with Gasteiger partial charge in [0.1, 0.15) is 37.6 Å². The van der Waals surface area contributed by atoms with Crippen LogP contribution in [-0.4, -0.2) is 69.3 Å². The number of hydrogen-bond donors (Lipinski definition) is 4. The number of ether oxygens (including phenoxy) is 2. The standard InChI is InChI=1S/C21H30N4O4/c1-5-24-9-11-25(12-10-24)14(3)20(26)23-18-16-13-15(28-4)7-8-17(16)22-19(18)21(27)29-6-2/h7-8,13-14,22H,5-6,9-12H2,1-4H3,(H,23,26)/p+2/t14-/m1/s1. The molecule has 0 bridgehead atoms. The van der Waals surface area contributed by atoms with E-state index < -0.39 is 5.97 Å². The maximum Gasteiger partial charge on any atom is 0.356 e. The van der Waals surface area contributed by atoms with Crippen molar-refractivity contribution in [3.05, 3.63) is 23.9 Å². The van der Waals surface area contributed by atoms with Crippen molar-refractivity contribution in [3.63, 3.8) is 0 Å². The highest BCUT2D eigenvalue weighted by Gasteiger charge is 2.32. The number of carbonyl (C=O) groups is 2. The summed E-state index contributed by atoms with van der Waals surface area (Å²) >= 11 is 0. The van der Waals surface area contributed by atoms with E-state index in [1.165, 1.54) is 4.90 Å². The Morgan fingerprint density at radius 2 is 1.93 bits per heavy atom. The van der Waals surface area contributed by atoms with Gasteiger partial charge in [0.25, 0.3) is 5.91 Å². The molecule has 1 aromatic carbocycles. The van der Waals surface area contributed by atoms with Crippen LogP contribution in [-0.2, 0) is 9.53 Å². The second kappa shape index (κ2) is 9.28. The number of hydrogen-bond acceptors (Lipinski definition) is 4. The first-order valence-electron chi connectivity index (χ1n) is 10.3. The number of rotatable bonds is 7. The smallest absolute Gasteiger partial charge is 0.356 e. The minimum atomic E-state index is -0.488. The Balaban J connectivity index is 1.86. The Morgan fingerprint density at radius 1 is 1.21 bits per heavy atom. The van der Waals surface area contributed by atoms with Gasteiger partial charge >= 0.3 is 5.97 Å². The van der Waals surface area contributed by atoms with Gasteiger partial charge in [0.2, 0.25) is 0 Å². The van der Waals surface area contributed by atoms with Crippen molar-refractivity contribution >= 4 is 28.5 Å². The Hall–Kier alpha value is -2.58. The Morgan fingerprint density at radius 3 is 2.55 bits per heavy atom. The first kappa shape index (κ1) is 21.1. The van der Waals surface area contributed by atoms with E-state index in [1.807, 2.05) is 25.1 Å². The van der Waals surface area contributed by atoms with Gasteiger partial charge in [-0.3, -0.25) is 4.79 Å². The van der Waals surface area contributed by atoms with E-state index in [2.05, 4.69) is 17.2 Å². The summed E-state index contributed by atoms with van der Waals surface area (Å²) in [6, 6.07) is 5.24. The van der Waals surface area contributed by atoms with Crippen molar-refractivity contribution < 1.29 is 28.9 Å². The molecule has 1 aliphatic rings. The van der Waals surface area contributed by atoms with Gasteiger partial charge in [-0.2, -0.15) is 0 Å². The third-order valence-corrected chi connectivity index (χ3v) is 5.84. The minimum absolute atomic E-state index is 0.103. The Kier molecular flexibility index (Phi) is 6.76. The summed E-state index contributed by atoms with van der Waals surface area (Å²) in [6.45, 7) is 11.3. The van der Waals surface area contributed by atoms with Crippen molar-refractivity contribution in [1.82, 2.24) is 4.98 Å². The maximum absolute atomic E-state index is 13.1. The zero-order chi connectivity index (χ0) is 21.0. The predicted molar refractivity (Wildman–Crippen MR) is 111 cm³/mol. The largest absolute Gasteiger partial charge is 0.497 e. The molecule has 1 atom stereocenters. The van der Waals surface area contributed by atoms with E-state index in [-0.39, 0.29) is 24.2 Å². The molecule has 29 heavy (non-hydrogen) atoms. The van der Waals surface area contributed by atoms with Gasteiger partial charge < -0.3 is 29.6 Å². The molecule has 1 fully saturated rings. The highest BCUT2D eigenvalue weighted by molar-refractivity contribution is 6.11. The molecule has 1 aliphatic heterocycles. The fraction of sp³-hybridized carbons (Fsp3) is 0.524. The number of aromatic nitrogens is 1. The number of carbonyl (C=O) groups excluding carboxylic acids is 2. The molecule has 0 unspecified atom stereocenters. The third-order valence-electron chi connectivity index (χ3n) is 5.84. The highest BCUT2D eigenvalue weighted by Crippen LogP contribution is 2.31. The molecule has 1 saturated heterocycles. The van der Waals surface area contributed by atoms with Crippen LogP contribution in [0.1, 0.15) is 31.3 Å². The minimum Gasteiger partial charge on any atom is -0.497 e. The fourth-order valence-corrected chi connectivity index (χ4v) is 3.91. The van der Waals surface area contributed by atoms with Crippen molar-refractivity contribution in [2.24, 2.45) is 0 Å². The van der Waals surface area contributed by atoms with Crippen molar-refractivity contribution in [2.45, 2.75) is 26.8 Å². The van der Waals surface area contributed by atoms with Gasteiger partial charge in [-0.15, -0.1) is 0 Å². The molecule has 8 heteroatoms. The number of esters is 1. The molecular weight excluding hydrogens is 372 g/mol. The first-order chi connectivity index (χ1) is 14.0. The van der Waals surface area contributed by atoms with Gasteiger partial charge in [0, 0.05) is 10.9 Å². The van der Waals surface area contributed by atoms with E-state index in [0.29, 0.717) is 11.4 Å². The van der Waals surface area contributed by atoms with Crippen molar-refractivity contribution in [3.8, 4) is 5.75 Å². The average Bonchev–Trinajstić information content (AvgIpc) is 3.11. The summed E-state index contributed by atoms with van der Waals surface area (Å²) in [4.78, 5) is 31.5. The van der Waals surface area contributed by atoms with Crippen LogP contribution in [0.5, 0.6) is 5.75 Å². The first-order valence-corrected chi connectivity index (χ1v) is 10.3. The highest BCUT2D eigenvalue weighted by atomic mass is 16.5. The number of aromatic amines is 1. The van der Waals surface area contributed by atoms with E-state index in [0.717, 1.165) is 43.6 Å². The SMILES string of the molecule is CCOC(=O)c1[nH]c2ccc(OC)cc2c1NC(=O)[C@@H](C)[NH+]1CC[NH+](CC)CC1. The number of methoxy groups -OCH3 is 1. The number of fused-ring (bicyclic) bond motifs is 1. The summed E-state index contributed by atoms with van der Waals surface area (Å²) < 4.78 is 10.5. The number of anilines is 1. The number of likely N-dealkylation sites (N-methyl/N-ethyl adjacent to an activating group) is 1. The summed E-state index contributed by atoms with van der Waals surface area (Å²) in [5.41, 5.74) is 1.45. The fourth-order valence-electron chi connectivity index (χ4n) is 3.91. The lowest BCUT2D eigenvalue weighted by molar-refractivity contribution is -1.02. The van der Waals surface area contributed by atoms with Crippen LogP contribution in [0.3, 0.4) is 0 Å². The average molecular weight is 405 g/mol. The van der Waals surface area contributed by atoms with Crippen LogP contribution >= 0.6 is 0 Å². The normalized spacial score (nSPS) is 20.3. The third kappa shape index (κ3) is 4.54.